The lowest BCUT2D eigenvalue weighted by Crippen LogP contribution is -2.37. The maximum absolute atomic E-state index is 11.6. The zero-order valence-corrected chi connectivity index (χ0v) is 13.3. The van der Waals surface area contributed by atoms with Crippen LogP contribution in [0.2, 0.25) is 0 Å². The van der Waals surface area contributed by atoms with Crippen molar-refractivity contribution in [1.82, 2.24) is 5.32 Å². The number of thioether (sulfide) groups is 1. The predicted molar refractivity (Wildman–Crippen MR) is 82.4 cm³/mol. The molecule has 0 aromatic heterocycles. The van der Waals surface area contributed by atoms with Gasteiger partial charge < -0.3 is 4.74 Å². The summed E-state index contributed by atoms with van der Waals surface area (Å²) >= 11 is 1.86. The number of ether oxygens (including phenoxy) is 1. The van der Waals surface area contributed by atoms with E-state index in [1.165, 1.54) is 51.4 Å². The first-order valence-corrected chi connectivity index (χ1v) is 8.87. The largest absolute Gasteiger partial charge is 0.465 e. The van der Waals surface area contributed by atoms with Gasteiger partial charge in [-0.05, 0) is 13.3 Å². The number of carbonyl (C=O) groups excluding carboxylic acids is 1. The summed E-state index contributed by atoms with van der Waals surface area (Å²) in [4.78, 5) is 11.6. The van der Waals surface area contributed by atoms with Crippen molar-refractivity contribution in [3.8, 4) is 0 Å². The Bertz CT molecular complexity index is 248. The maximum atomic E-state index is 11.6. The average molecular weight is 287 g/mol. The monoisotopic (exact) mass is 287 g/mol. The van der Waals surface area contributed by atoms with Crippen LogP contribution in [0.5, 0.6) is 0 Å². The number of carbonyl (C=O) groups is 1. The molecule has 1 fully saturated rings. The van der Waals surface area contributed by atoms with Crippen molar-refractivity contribution in [3.63, 3.8) is 0 Å². The molecular formula is C15H29NO2S. The molecule has 1 aliphatic rings. The van der Waals surface area contributed by atoms with Crippen LogP contribution in [0.4, 0.5) is 0 Å². The van der Waals surface area contributed by atoms with Gasteiger partial charge in [0.25, 0.3) is 0 Å². The number of hydrogen-bond acceptors (Lipinski definition) is 4. The Morgan fingerprint density at radius 2 is 1.84 bits per heavy atom. The van der Waals surface area contributed by atoms with E-state index >= 15 is 0 Å². The van der Waals surface area contributed by atoms with Crippen molar-refractivity contribution in [2.45, 2.75) is 76.6 Å². The van der Waals surface area contributed by atoms with Gasteiger partial charge in [0.05, 0.1) is 12.0 Å². The molecule has 4 heteroatoms. The summed E-state index contributed by atoms with van der Waals surface area (Å²) in [5, 5.41) is 3.82. The van der Waals surface area contributed by atoms with Crippen LogP contribution in [-0.2, 0) is 9.53 Å². The van der Waals surface area contributed by atoms with Crippen LogP contribution in [-0.4, -0.2) is 29.7 Å². The highest BCUT2D eigenvalue weighted by molar-refractivity contribution is 8.00. The minimum atomic E-state index is -0.0861. The van der Waals surface area contributed by atoms with Gasteiger partial charge in [0.2, 0.25) is 0 Å². The predicted octanol–water partition coefficient (Wildman–Crippen LogP) is 3.72. The van der Waals surface area contributed by atoms with E-state index < -0.39 is 0 Å². The molecule has 0 spiro atoms. The molecule has 2 atom stereocenters. The summed E-state index contributed by atoms with van der Waals surface area (Å²) in [6, 6.07) is -0.0838. The standard InChI is InChI=1S/C15H29NO2S/c1-3-5-6-7-8-9-10-11-14-16-13(12-19-14)15(17)18-4-2/h13-14,16H,3-12H2,1-2H3. The molecule has 3 nitrogen and oxygen atoms in total. The lowest BCUT2D eigenvalue weighted by atomic mass is 10.1. The summed E-state index contributed by atoms with van der Waals surface area (Å²) in [7, 11) is 0. The topological polar surface area (TPSA) is 38.3 Å². The Morgan fingerprint density at radius 3 is 2.53 bits per heavy atom. The molecule has 112 valence electrons. The fraction of sp³-hybridized carbons (Fsp3) is 0.933. The Hall–Kier alpha value is -0.220. The molecule has 0 aliphatic carbocycles. The normalized spacial score (nSPS) is 22.6. The van der Waals surface area contributed by atoms with E-state index in [0.717, 1.165) is 5.75 Å². The van der Waals surface area contributed by atoms with Gasteiger partial charge in [0, 0.05) is 5.75 Å². The van der Waals surface area contributed by atoms with Gasteiger partial charge in [-0.2, -0.15) is 0 Å². The lowest BCUT2D eigenvalue weighted by molar-refractivity contribution is -0.144. The van der Waals surface area contributed by atoms with E-state index in [-0.39, 0.29) is 12.0 Å². The molecule has 1 N–H and O–H groups in total. The number of esters is 1. The van der Waals surface area contributed by atoms with E-state index in [4.69, 9.17) is 4.74 Å². The van der Waals surface area contributed by atoms with E-state index in [1.807, 2.05) is 18.7 Å². The first-order chi connectivity index (χ1) is 9.27. The summed E-state index contributed by atoms with van der Waals surface area (Å²) in [6.07, 6.45) is 10.6. The van der Waals surface area contributed by atoms with Crippen LogP contribution >= 0.6 is 11.8 Å². The fourth-order valence-corrected chi connectivity index (χ4v) is 3.62. The highest BCUT2D eigenvalue weighted by atomic mass is 32.2. The molecule has 0 aromatic carbocycles. The third-order valence-corrected chi connectivity index (χ3v) is 4.79. The Labute approximate surface area is 122 Å². The van der Waals surface area contributed by atoms with Crippen LogP contribution in [0.15, 0.2) is 0 Å². The van der Waals surface area contributed by atoms with Crippen molar-refractivity contribution < 1.29 is 9.53 Å². The van der Waals surface area contributed by atoms with Gasteiger partial charge in [0.15, 0.2) is 0 Å². The van der Waals surface area contributed by atoms with Crippen molar-refractivity contribution in [2.75, 3.05) is 12.4 Å². The highest BCUT2D eigenvalue weighted by Crippen LogP contribution is 2.24. The first-order valence-electron chi connectivity index (χ1n) is 7.82. The van der Waals surface area contributed by atoms with Crippen LogP contribution in [0, 0.1) is 0 Å². The Kier molecular flexibility index (Phi) is 9.35. The van der Waals surface area contributed by atoms with Crippen LogP contribution in [0.1, 0.15) is 65.2 Å². The molecule has 1 heterocycles. The van der Waals surface area contributed by atoms with Crippen LogP contribution in [0.3, 0.4) is 0 Å². The third kappa shape index (κ3) is 7.21. The number of rotatable bonds is 10. The molecule has 1 aliphatic heterocycles. The molecular weight excluding hydrogens is 258 g/mol. The van der Waals surface area contributed by atoms with Gasteiger partial charge in [-0.25, -0.2) is 0 Å². The van der Waals surface area contributed by atoms with Gasteiger partial charge in [0.1, 0.15) is 6.04 Å². The quantitative estimate of drug-likeness (QED) is 0.491. The molecule has 1 saturated heterocycles. The molecule has 1 rings (SSSR count). The molecule has 2 unspecified atom stereocenters. The Morgan fingerprint density at radius 1 is 1.16 bits per heavy atom. The second kappa shape index (κ2) is 10.6. The molecule has 0 bridgehead atoms. The van der Waals surface area contributed by atoms with E-state index in [1.54, 1.807) is 0 Å². The van der Waals surface area contributed by atoms with Crippen molar-refractivity contribution in [1.29, 1.82) is 0 Å². The second-order valence-electron chi connectivity index (χ2n) is 5.20. The van der Waals surface area contributed by atoms with Gasteiger partial charge in [-0.3, -0.25) is 10.1 Å². The minimum absolute atomic E-state index is 0.0838. The molecule has 0 radical (unpaired) electrons. The number of unbranched alkanes of at least 4 members (excludes halogenated alkanes) is 6. The SMILES string of the molecule is CCCCCCCCCC1NC(C(=O)OCC)CS1. The summed E-state index contributed by atoms with van der Waals surface area (Å²) in [5.41, 5.74) is 0. The maximum Gasteiger partial charge on any atom is 0.324 e. The number of nitrogens with one attached hydrogen (secondary N) is 1. The molecule has 0 aromatic rings. The lowest BCUT2D eigenvalue weighted by Gasteiger charge is -2.12. The summed E-state index contributed by atoms with van der Waals surface area (Å²) in [6.45, 7) is 4.59. The highest BCUT2D eigenvalue weighted by Gasteiger charge is 2.29. The van der Waals surface area contributed by atoms with E-state index in [2.05, 4.69) is 12.2 Å². The van der Waals surface area contributed by atoms with Crippen LogP contribution < -0.4 is 5.32 Å². The smallest absolute Gasteiger partial charge is 0.324 e. The van der Waals surface area contributed by atoms with Gasteiger partial charge >= 0.3 is 5.97 Å². The third-order valence-electron chi connectivity index (χ3n) is 3.49. The number of hydrogen-bond donors (Lipinski definition) is 1. The van der Waals surface area contributed by atoms with Crippen LogP contribution in [0.25, 0.3) is 0 Å². The Balaban J connectivity index is 1.98. The van der Waals surface area contributed by atoms with Gasteiger partial charge in [-0.1, -0.05) is 51.9 Å². The van der Waals surface area contributed by atoms with Gasteiger partial charge in [-0.15, -0.1) is 11.8 Å². The minimum Gasteiger partial charge on any atom is -0.465 e. The molecule has 19 heavy (non-hydrogen) atoms. The average Bonchev–Trinajstić information content (AvgIpc) is 2.87. The van der Waals surface area contributed by atoms with Crippen molar-refractivity contribution in [3.05, 3.63) is 0 Å². The fourth-order valence-electron chi connectivity index (χ4n) is 2.37. The first kappa shape index (κ1) is 16.8. The van der Waals surface area contributed by atoms with Crippen molar-refractivity contribution >= 4 is 17.7 Å². The second-order valence-corrected chi connectivity index (χ2v) is 6.44. The summed E-state index contributed by atoms with van der Waals surface area (Å²) < 4.78 is 5.04. The molecule has 0 amide bonds. The van der Waals surface area contributed by atoms with E-state index in [9.17, 15) is 4.79 Å². The zero-order valence-electron chi connectivity index (χ0n) is 12.5. The summed E-state index contributed by atoms with van der Waals surface area (Å²) in [5.74, 6) is 0.775. The van der Waals surface area contributed by atoms with E-state index in [0.29, 0.717) is 12.0 Å². The zero-order chi connectivity index (χ0) is 13.9. The van der Waals surface area contributed by atoms with Crippen molar-refractivity contribution in [2.24, 2.45) is 0 Å². The molecule has 0 saturated carbocycles.